The van der Waals surface area contributed by atoms with Gasteiger partial charge in [-0.25, -0.2) is 9.36 Å². The fourth-order valence-electron chi connectivity index (χ4n) is 9.62. The molecule has 3 aromatic rings. The maximum absolute atomic E-state index is 13.2. The van der Waals surface area contributed by atoms with Crippen LogP contribution in [0, 0.1) is 6.92 Å². The van der Waals surface area contributed by atoms with Crippen LogP contribution in [0.2, 0.25) is 0 Å². The number of ether oxygens (including phenoxy) is 2. The molecule has 0 fully saturated rings. The van der Waals surface area contributed by atoms with Crippen molar-refractivity contribution in [2.75, 3.05) is 84.4 Å². The highest BCUT2D eigenvalue weighted by Crippen LogP contribution is 2.43. The van der Waals surface area contributed by atoms with Gasteiger partial charge in [0.15, 0.2) is 11.2 Å². The van der Waals surface area contributed by atoms with E-state index in [9.17, 15) is 23.8 Å². The van der Waals surface area contributed by atoms with Gasteiger partial charge >= 0.3 is 25.4 Å². The van der Waals surface area contributed by atoms with Crippen LogP contribution >= 0.6 is 20.0 Å². The summed E-state index contributed by atoms with van der Waals surface area (Å²) in [6, 6.07) is 13.9. The van der Waals surface area contributed by atoms with Crippen LogP contribution in [0.1, 0.15) is 206 Å². The molecule has 78 heavy (non-hydrogen) atoms. The molecule has 0 spiro atoms. The average Bonchev–Trinajstić information content (AvgIpc) is 3.40. The first-order chi connectivity index (χ1) is 37.5. The van der Waals surface area contributed by atoms with Crippen molar-refractivity contribution in [3.8, 4) is 11.1 Å². The van der Waals surface area contributed by atoms with E-state index in [2.05, 4.69) is 42.0 Å². The predicted molar refractivity (Wildman–Crippen MR) is 325 cm³/mol. The standard InChI is InChI=1S/C62H103N4O10PS/c1-9-12-13-14-15-16-17-19-22-25-28-31-34-37-58(67)72-49-55(50-74-77(70,71)73-47-46-66(6,7)8)75-59(68)38-35-32-29-26-23-20-18-21-24-27-30-33-36-45-64(5)62(78)63-53-41-39-52(40-42-53)60-51(4)56-44-43-54(65(10-2)11-3)48-57(56)76-61(60)69/h39-44,48,55H,9-38,45-47,49-50H2,1-8H3,(H-,63,70,71,78)/p+1/t55-/m1/s1. The fourth-order valence-corrected chi connectivity index (χ4v) is 10.6. The van der Waals surface area contributed by atoms with Gasteiger partial charge in [-0.3, -0.25) is 18.6 Å². The first-order valence-electron chi connectivity index (χ1n) is 30.2. The topological polar surface area (TPSA) is 157 Å². The van der Waals surface area contributed by atoms with Crippen molar-refractivity contribution in [2.24, 2.45) is 0 Å². The minimum absolute atomic E-state index is 0.0175. The van der Waals surface area contributed by atoms with E-state index in [0.29, 0.717) is 33.7 Å². The molecule has 0 aliphatic carbocycles. The van der Waals surface area contributed by atoms with Gasteiger partial charge in [0.2, 0.25) is 0 Å². The van der Waals surface area contributed by atoms with Gasteiger partial charge in [0.25, 0.3) is 0 Å². The fraction of sp³-hybridized carbons (Fsp3) is 0.710. The summed E-state index contributed by atoms with van der Waals surface area (Å²) < 4.78 is 40.4. The van der Waals surface area contributed by atoms with Gasteiger partial charge in [0.1, 0.15) is 25.3 Å². The number of unbranched alkanes of at least 4 members (excludes halogenated alkanes) is 24. The molecular formula is C62H104N4O10PS+. The Labute approximate surface area is 476 Å². The number of thiocarbonyl (C=S) groups is 1. The summed E-state index contributed by atoms with van der Waals surface area (Å²) in [5, 5.41) is 4.96. The number of hydrogen-bond acceptors (Lipinski definition) is 11. The third kappa shape index (κ3) is 29.6. The summed E-state index contributed by atoms with van der Waals surface area (Å²) in [5.41, 5.74) is 4.48. The number of carbonyl (C=O) groups excluding carboxylic acids is 2. The van der Waals surface area contributed by atoms with Crippen LogP contribution in [0.25, 0.3) is 22.1 Å². The molecule has 0 amide bonds. The lowest BCUT2D eigenvalue weighted by Crippen LogP contribution is -2.37. The first-order valence-corrected chi connectivity index (χ1v) is 32.1. The molecule has 0 saturated carbocycles. The van der Waals surface area contributed by atoms with Gasteiger partial charge in [0.05, 0.1) is 33.3 Å². The number of phosphoric ester groups is 1. The van der Waals surface area contributed by atoms with Gasteiger partial charge in [-0.15, -0.1) is 0 Å². The zero-order valence-electron chi connectivity index (χ0n) is 49.7. The van der Waals surface area contributed by atoms with E-state index in [1.165, 1.54) is 109 Å². The second-order valence-electron chi connectivity index (χ2n) is 22.4. The van der Waals surface area contributed by atoms with Crippen molar-refractivity contribution in [3.05, 3.63) is 58.4 Å². The smallest absolute Gasteiger partial charge is 0.462 e. The summed E-state index contributed by atoms with van der Waals surface area (Å²) in [5.74, 6) is -0.827. The minimum atomic E-state index is -4.41. The van der Waals surface area contributed by atoms with Crippen molar-refractivity contribution >= 4 is 59.4 Å². The first kappa shape index (κ1) is 68.4. The number of nitrogens with one attached hydrogen (secondary N) is 1. The Morgan fingerprint density at radius 1 is 0.692 bits per heavy atom. The number of esters is 2. The van der Waals surface area contributed by atoms with Crippen LogP contribution in [0.15, 0.2) is 51.7 Å². The molecular weight excluding hydrogens is 1020 g/mol. The molecule has 1 heterocycles. The molecule has 1 unspecified atom stereocenters. The zero-order valence-corrected chi connectivity index (χ0v) is 51.4. The molecule has 16 heteroatoms. The average molecular weight is 1130 g/mol. The maximum Gasteiger partial charge on any atom is 0.472 e. The molecule has 14 nitrogen and oxygen atoms in total. The van der Waals surface area contributed by atoms with Gasteiger partial charge in [-0.05, 0) is 87.6 Å². The largest absolute Gasteiger partial charge is 0.472 e. The normalized spacial score (nSPS) is 12.8. The molecule has 0 bridgehead atoms. The zero-order chi connectivity index (χ0) is 57.0. The highest BCUT2D eigenvalue weighted by molar-refractivity contribution is 7.80. The number of hydrogen-bond donors (Lipinski definition) is 2. The summed E-state index contributed by atoms with van der Waals surface area (Å²) in [4.78, 5) is 53.3. The Morgan fingerprint density at radius 3 is 1.71 bits per heavy atom. The van der Waals surface area contributed by atoms with Crippen LogP contribution in [-0.4, -0.2) is 112 Å². The van der Waals surface area contributed by atoms with Crippen molar-refractivity contribution < 1.29 is 46.5 Å². The van der Waals surface area contributed by atoms with Crippen LogP contribution in [-0.2, 0) is 32.7 Å². The van der Waals surface area contributed by atoms with E-state index in [-0.39, 0.29) is 37.7 Å². The van der Waals surface area contributed by atoms with E-state index < -0.39 is 26.5 Å². The summed E-state index contributed by atoms with van der Waals surface area (Å²) in [6.07, 6.45) is 29.8. The molecule has 442 valence electrons. The molecule has 2 N–H and O–H groups in total. The summed E-state index contributed by atoms with van der Waals surface area (Å²) >= 11 is 5.72. The Morgan fingerprint density at radius 2 is 1.19 bits per heavy atom. The molecule has 0 radical (unpaired) electrons. The molecule has 0 saturated heterocycles. The number of anilines is 2. The molecule has 0 aliphatic heterocycles. The van der Waals surface area contributed by atoms with Gasteiger partial charge in [-0.1, -0.05) is 167 Å². The summed E-state index contributed by atoms with van der Waals surface area (Å²) in [6.45, 7) is 11.0. The van der Waals surface area contributed by atoms with Gasteiger partial charge < -0.3 is 38.4 Å². The predicted octanol–water partition coefficient (Wildman–Crippen LogP) is 15.5. The highest BCUT2D eigenvalue weighted by atomic mass is 32.1. The van der Waals surface area contributed by atoms with Crippen molar-refractivity contribution in [1.82, 2.24) is 4.90 Å². The van der Waals surface area contributed by atoms with Crippen LogP contribution < -0.4 is 15.8 Å². The van der Waals surface area contributed by atoms with E-state index in [0.717, 1.165) is 98.9 Å². The molecule has 0 aliphatic rings. The van der Waals surface area contributed by atoms with Gasteiger partial charge in [0, 0.05) is 62.4 Å². The van der Waals surface area contributed by atoms with E-state index in [1.807, 2.05) is 71.5 Å². The SMILES string of the molecule is CCCCCCCCCCCCCCCC(=O)OC[C@H](COP(=O)(O)OCC[N+](C)(C)C)OC(=O)CCCCCCCCCCCCCCCN(C)C(=S)Nc1ccc(-c2c(C)c3ccc(N(CC)CC)cc3oc2=O)cc1. The lowest BCUT2D eigenvalue weighted by molar-refractivity contribution is -0.870. The second-order valence-corrected chi connectivity index (χ2v) is 24.3. The van der Waals surface area contributed by atoms with E-state index in [4.69, 9.17) is 35.2 Å². The number of benzene rings is 2. The van der Waals surface area contributed by atoms with Crippen molar-refractivity contribution in [3.63, 3.8) is 0 Å². The highest BCUT2D eigenvalue weighted by Gasteiger charge is 2.27. The number of nitrogens with zero attached hydrogens (tertiary/aromatic N) is 3. The minimum Gasteiger partial charge on any atom is -0.462 e. The Balaban J connectivity index is 1.23. The third-order valence-corrected chi connectivity index (χ3v) is 16.0. The van der Waals surface area contributed by atoms with Gasteiger partial charge in [-0.2, -0.15) is 0 Å². The number of quaternary nitrogens is 1. The maximum atomic E-state index is 13.2. The lowest BCUT2D eigenvalue weighted by atomic mass is 9.99. The summed E-state index contributed by atoms with van der Waals surface area (Å²) in [7, 11) is 3.46. The Kier molecular flexibility index (Phi) is 34.7. The second kappa shape index (κ2) is 39.5. The lowest BCUT2D eigenvalue weighted by Gasteiger charge is -2.24. The Hall–Kier alpha value is -3.85. The van der Waals surface area contributed by atoms with E-state index >= 15 is 0 Å². The third-order valence-electron chi connectivity index (χ3n) is 14.6. The number of aryl methyl sites for hydroxylation is 1. The Bertz CT molecular complexity index is 2250. The number of fused-ring (bicyclic) bond motifs is 1. The number of rotatable bonds is 45. The van der Waals surface area contributed by atoms with Crippen LogP contribution in [0.4, 0.5) is 11.4 Å². The monoisotopic (exact) mass is 1130 g/mol. The number of carbonyl (C=O) groups is 2. The van der Waals surface area contributed by atoms with Crippen molar-refractivity contribution in [1.29, 1.82) is 0 Å². The number of likely N-dealkylation sites (N-methyl/N-ethyl adjacent to an activating group) is 1. The van der Waals surface area contributed by atoms with Crippen LogP contribution in [0.3, 0.4) is 0 Å². The van der Waals surface area contributed by atoms with Crippen molar-refractivity contribution in [2.45, 2.75) is 214 Å². The molecule has 3 rings (SSSR count). The molecule has 2 aromatic carbocycles. The molecule has 1 aromatic heterocycles. The van der Waals surface area contributed by atoms with Crippen LogP contribution in [0.5, 0.6) is 0 Å². The molecule has 2 atom stereocenters. The van der Waals surface area contributed by atoms with E-state index in [1.54, 1.807) is 0 Å². The number of phosphoric acid groups is 1. The quantitative estimate of drug-likeness (QED) is 0.0138.